The van der Waals surface area contributed by atoms with Gasteiger partial charge in [0.25, 0.3) is 5.56 Å². The number of nitrogens with one attached hydrogen (secondary N) is 1. The topological polar surface area (TPSA) is 115 Å². The summed E-state index contributed by atoms with van der Waals surface area (Å²) < 4.78 is 16.7. The van der Waals surface area contributed by atoms with Crippen LogP contribution in [0.2, 0.25) is 0 Å². The molecule has 1 aliphatic rings. The van der Waals surface area contributed by atoms with E-state index >= 15 is 0 Å². The highest BCUT2D eigenvalue weighted by atomic mass is 32.1. The summed E-state index contributed by atoms with van der Waals surface area (Å²) in [5, 5.41) is 0.552. The van der Waals surface area contributed by atoms with Crippen molar-refractivity contribution in [2.24, 2.45) is 12.8 Å². The number of fused-ring (bicyclic) bond motifs is 2. The molecule has 11 heteroatoms. The van der Waals surface area contributed by atoms with Crippen LogP contribution in [0, 0.1) is 5.82 Å². The van der Waals surface area contributed by atoms with Gasteiger partial charge in [0.2, 0.25) is 5.95 Å². The SMILES string of the molecule is Cn1c(=O)n(Cc2nc3cc(F)ccc3s2)c(=O)c2[nH]c(N3CCC[C@@H](N)C3)nc21. The number of aromatic nitrogens is 5. The molecule has 0 radical (unpaired) electrons. The first kappa shape index (κ1) is 18.9. The number of hydrogen-bond acceptors (Lipinski definition) is 7. The molecule has 4 heterocycles. The van der Waals surface area contributed by atoms with Crippen molar-refractivity contribution in [1.29, 1.82) is 0 Å². The quantitative estimate of drug-likeness (QED) is 0.505. The molecule has 3 N–H and O–H groups in total. The van der Waals surface area contributed by atoms with Gasteiger partial charge in [-0.2, -0.15) is 4.98 Å². The third kappa shape index (κ3) is 3.10. The average Bonchev–Trinajstić information content (AvgIpc) is 3.33. The number of H-pyrrole nitrogens is 1. The molecule has 4 aromatic rings. The van der Waals surface area contributed by atoms with Gasteiger partial charge in [-0.15, -0.1) is 11.3 Å². The van der Waals surface area contributed by atoms with Gasteiger partial charge in [-0.05, 0) is 25.0 Å². The highest BCUT2D eigenvalue weighted by molar-refractivity contribution is 7.18. The molecule has 1 aromatic carbocycles. The Kier molecular flexibility index (Phi) is 4.44. The van der Waals surface area contributed by atoms with Crippen molar-refractivity contribution in [1.82, 2.24) is 24.1 Å². The van der Waals surface area contributed by atoms with Crippen LogP contribution >= 0.6 is 11.3 Å². The van der Waals surface area contributed by atoms with Crippen molar-refractivity contribution in [3.63, 3.8) is 0 Å². The highest BCUT2D eigenvalue weighted by Gasteiger charge is 2.22. The monoisotopic (exact) mass is 429 g/mol. The smallest absolute Gasteiger partial charge is 0.332 e. The van der Waals surface area contributed by atoms with Gasteiger partial charge >= 0.3 is 5.69 Å². The Hall–Kier alpha value is -3.05. The van der Waals surface area contributed by atoms with Crippen LogP contribution in [0.25, 0.3) is 21.4 Å². The summed E-state index contributed by atoms with van der Waals surface area (Å²) in [4.78, 5) is 39.9. The second kappa shape index (κ2) is 7.03. The van der Waals surface area contributed by atoms with Crippen molar-refractivity contribution in [2.75, 3.05) is 18.0 Å². The lowest BCUT2D eigenvalue weighted by Crippen LogP contribution is -2.43. The molecule has 9 nitrogen and oxygen atoms in total. The molecule has 0 bridgehead atoms. The molecule has 156 valence electrons. The minimum absolute atomic E-state index is 0.00531. The second-order valence-electron chi connectivity index (χ2n) is 7.56. The zero-order valence-electron chi connectivity index (χ0n) is 16.3. The molecule has 30 heavy (non-hydrogen) atoms. The second-order valence-corrected chi connectivity index (χ2v) is 8.68. The van der Waals surface area contributed by atoms with Crippen LogP contribution in [0.1, 0.15) is 17.8 Å². The maximum atomic E-state index is 13.4. The third-order valence-electron chi connectivity index (χ3n) is 5.41. The van der Waals surface area contributed by atoms with Gasteiger partial charge in [-0.1, -0.05) is 0 Å². The third-order valence-corrected chi connectivity index (χ3v) is 6.43. The zero-order chi connectivity index (χ0) is 21.0. The first-order valence-corrected chi connectivity index (χ1v) is 10.5. The van der Waals surface area contributed by atoms with E-state index in [1.54, 1.807) is 13.1 Å². The molecular formula is C19H20FN7O2S. The minimum Gasteiger partial charge on any atom is -0.341 e. The van der Waals surface area contributed by atoms with E-state index in [-0.39, 0.29) is 23.9 Å². The summed E-state index contributed by atoms with van der Waals surface area (Å²) in [5.41, 5.74) is 6.19. The van der Waals surface area contributed by atoms with Gasteiger partial charge in [0.1, 0.15) is 10.8 Å². The molecule has 0 saturated carbocycles. The van der Waals surface area contributed by atoms with Gasteiger partial charge < -0.3 is 15.6 Å². The van der Waals surface area contributed by atoms with Crippen LogP contribution < -0.4 is 21.9 Å². The fourth-order valence-corrected chi connectivity index (χ4v) is 4.82. The number of thiazole rings is 1. The number of rotatable bonds is 3. The fourth-order valence-electron chi connectivity index (χ4n) is 3.88. The molecule has 0 spiro atoms. The van der Waals surface area contributed by atoms with Crippen molar-refractivity contribution in [3.05, 3.63) is 49.9 Å². The summed E-state index contributed by atoms with van der Waals surface area (Å²) in [6, 6.07) is 4.39. The molecule has 1 fully saturated rings. The molecule has 1 aliphatic heterocycles. The Morgan fingerprint density at radius 1 is 1.33 bits per heavy atom. The van der Waals surface area contributed by atoms with Gasteiger partial charge in [-0.25, -0.2) is 14.2 Å². The van der Waals surface area contributed by atoms with Gasteiger partial charge in [0, 0.05) is 32.2 Å². The Labute approximate surface area is 173 Å². The molecule has 3 aromatic heterocycles. The van der Waals surface area contributed by atoms with Crippen LogP contribution in [0.3, 0.4) is 0 Å². The van der Waals surface area contributed by atoms with Crippen molar-refractivity contribution in [3.8, 4) is 0 Å². The number of nitrogens with two attached hydrogens (primary N) is 1. The van der Waals surface area contributed by atoms with Crippen molar-refractivity contribution in [2.45, 2.75) is 25.4 Å². The van der Waals surface area contributed by atoms with Crippen molar-refractivity contribution < 1.29 is 4.39 Å². The summed E-state index contributed by atoms with van der Waals surface area (Å²) in [5.74, 6) is 0.164. The lowest BCUT2D eigenvalue weighted by molar-refractivity contribution is 0.501. The highest BCUT2D eigenvalue weighted by Crippen LogP contribution is 2.23. The van der Waals surface area contributed by atoms with Gasteiger partial charge in [-0.3, -0.25) is 13.9 Å². The lowest BCUT2D eigenvalue weighted by atomic mass is 10.1. The Balaban J connectivity index is 1.58. The van der Waals surface area contributed by atoms with Gasteiger partial charge in [0.15, 0.2) is 11.2 Å². The van der Waals surface area contributed by atoms with E-state index in [9.17, 15) is 14.0 Å². The molecule has 0 unspecified atom stereocenters. The van der Waals surface area contributed by atoms with E-state index in [2.05, 4.69) is 15.0 Å². The lowest BCUT2D eigenvalue weighted by Gasteiger charge is -2.30. The summed E-state index contributed by atoms with van der Waals surface area (Å²) in [7, 11) is 1.58. The van der Waals surface area contributed by atoms with E-state index < -0.39 is 11.2 Å². The van der Waals surface area contributed by atoms with E-state index in [0.29, 0.717) is 28.7 Å². The van der Waals surface area contributed by atoms with E-state index in [4.69, 9.17) is 5.73 Å². The molecule has 5 rings (SSSR count). The number of imidazole rings is 1. The largest absolute Gasteiger partial charge is 0.341 e. The summed E-state index contributed by atoms with van der Waals surface area (Å²) in [6.07, 6.45) is 1.90. The van der Waals surface area contributed by atoms with Crippen LogP contribution in [0.5, 0.6) is 0 Å². The number of aryl methyl sites for hydroxylation is 1. The Morgan fingerprint density at radius 2 is 2.17 bits per heavy atom. The number of halogens is 1. The number of aromatic amines is 1. The first-order valence-electron chi connectivity index (χ1n) is 9.66. The Bertz CT molecular complexity index is 1390. The fraction of sp³-hybridized carbons (Fsp3) is 0.368. The summed E-state index contributed by atoms with van der Waals surface area (Å²) >= 11 is 1.32. The Morgan fingerprint density at radius 3 is 2.97 bits per heavy atom. The summed E-state index contributed by atoms with van der Waals surface area (Å²) in [6.45, 7) is 1.44. The average molecular weight is 429 g/mol. The predicted molar refractivity (Wildman–Crippen MR) is 114 cm³/mol. The number of benzene rings is 1. The van der Waals surface area contributed by atoms with Crippen molar-refractivity contribution >= 4 is 38.7 Å². The maximum absolute atomic E-state index is 13.4. The molecule has 0 amide bonds. The zero-order valence-corrected chi connectivity index (χ0v) is 17.1. The molecule has 1 saturated heterocycles. The van der Waals surface area contributed by atoms with E-state index in [0.717, 1.165) is 28.7 Å². The van der Waals surface area contributed by atoms with E-state index in [1.165, 1.54) is 28.0 Å². The predicted octanol–water partition coefficient (Wildman–Crippen LogP) is 1.15. The van der Waals surface area contributed by atoms with Gasteiger partial charge in [0.05, 0.1) is 16.8 Å². The number of nitrogens with zero attached hydrogens (tertiary/aromatic N) is 5. The minimum atomic E-state index is -0.480. The first-order chi connectivity index (χ1) is 14.4. The maximum Gasteiger partial charge on any atom is 0.332 e. The number of anilines is 1. The van der Waals surface area contributed by atoms with E-state index in [1.807, 2.05) is 4.90 Å². The number of hydrogen-bond donors (Lipinski definition) is 2. The normalized spacial score (nSPS) is 17.3. The van der Waals surface area contributed by atoms with Crippen LogP contribution in [0.4, 0.5) is 10.3 Å². The molecule has 0 aliphatic carbocycles. The number of piperidine rings is 1. The van der Waals surface area contributed by atoms with Crippen LogP contribution in [0.15, 0.2) is 27.8 Å². The molecule has 1 atom stereocenters. The van der Waals surface area contributed by atoms with Crippen LogP contribution in [-0.2, 0) is 13.6 Å². The van der Waals surface area contributed by atoms with Crippen LogP contribution in [-0.4, -0.2) is 43.2 Å². The standard InChI is InChI=1S/C19H20FN7O2S/c1-25-16-15(23-18(24-16)26-6-2-3-11(21)8-26)17(28)27(19(25)29)9-14-22-12-7-10(20)4-5-13(12)30-14/h4-5,7,11H,2-3,6,8-9,21H2,1H3,(H,23,24)/t11-/m1/s1. The molecular weight excluding hydrogens is 409 g/mol.